The fraction of sp³-hybridized carbons (Fsp3) is 0.320. The fourth-order valence-corrected chi connectivity index (χ4v) is 4.49. The molecule has 158 valence electrons. The molecule has 0 unspecified atom stereocenters. The van der Waals surface area contributed by atoms with E-state index in [0.29, 0.717) is 12.6 Å². The number of H-pyrrole nitrogens is 1. The van der Waals surface area contributed by atoms with E-state index in [-0.39, 0.29) is 0 Å². The molecule has 1 N–H and O–H groups in total. The minimum Gasteiger partial charge on any atom is -0.492 e. The van der Waals surface area contributed by atoms with Crippen LogP contribution in [0.5, 0.6) is 5.75 Å². The first-order valence-electron chi connectivity index (χ1n) is 11.1. The maximum absolute atomic E-state index is 6.05. The molecule has 1 fully saturated rings. The number of nitrogens with zero attached hydrogens (tertiary/aromatic N) is 4. The van der Waals surface area contributed by atoms with Crippen LogP contribution in [0.3, 0.4) is 0 Å². The lowest BCUT2D eigenvalue weighted by molar-refractivity contribution is 0.300. The third-order valence-corrected chi connectivity index (χ3v) is 6.11. The average Bonchev–Trinajstić information content (AvgIpc) is 3.47. The highest BCUT2D eigenvalue weighted by Crippen LogP contribution is 2.33. The van der Waals surface area contributed by atoms with Crippen LogP contribution in [0.25, 0.3) is 10.9 Å². The molecule has 0 amide bonds. The third-order valence-electron chi connectivity index (χ3n) is 6.11. The van der Waals surface area contributed by atoms with E-state index in [9.17, 15) is 0 Å². The molecule has 2 aromatic heterocycles. The Balaban J connectivity index is 1.24. The summed E-state index contributed by atoms with van der Waals surface area (Å²) in [6.07, 6.45) is 12.1. The first-order valence-corrected chi connectivity index (χ1v) is 11.1. The first-order chi connectivity index (χ1) is 15.4. The number of fused-ring (bicyclic) bond motifs is 1. The standard InChI is InChI=1S/C25H27N5O/c1-2-6-19(7-3-1)20-10-12-22(13-11-20)31-15-14-30-17-21(16-26-25-27-18-28-29-25)23-8-4-5-9-24(23)30/h4-5,8-13,16-19H,1-3,6-7,14-15H2,(H,27,28,29)/b26-16+. The zero-order chi connectivity index (χ0) is 20.9. The molecule has 0 aliphatic heterocycles. The molecular weight excluding hydrogens is 386 g/mol. The van der Waals surface area contributed by atoms with Gasteiger partial charge in [0, 0.05) is 28.9 Å². The van der Waals surface area contributed by atoms with Crippen LogP contribution in [0.1, 0.15) is 49.1 Å². The summed E-state index contributed by atoms with van der Waals surface area (Å²) in [5.74, 6) is 2.16. The molecule has 6 heteroatoms. The molecule has 2 heterocycles. The molecule has 0 radical (unpaired) electrons. The normalized spacial score (nSPS) is 15.1. The van der Waals surface area contributed by atoms with Gasteiger partial charge in [-0.3, -0.25) is 0 Å². The smallest absolute Gasteiger partial charge is 0.245 e. The Morgan fingerprint density at radius 3 is 2.71 bits per heavy atom. The number of rotatable bonds is 7. The van der Waals surface area contributed by atoms with Crippen molar-refractivity contribution in [2.75, 3.05) is 6.61 Å². The summed E-state index contributed by atoms with van der Waals surface area (Å²) in [6.45, 7) is 1.38. The molecule has 5 rings (SSSR count). The van der Waals surface area contributed by atoms with Crippen molar-refractivity contribution in [2.24, 2.45) is 4.99 Å². The summed E-state index contributed by atoms with van der Waals surface area (Å²) in [7, 11) is 0. The quantitative estimate of drug-likeness (QED) is 0.399. The lowest BCUT2D eigenvalue weighted by atomic mass is 9.84. The number of aliphatic imine (C=N–C) groups is 1. The van der Waals surface area contributed by atoms with Crippen molar-refractivity contribution in [3.05, 3.63) is 72.2 Å². The number of aromatic amines is 1. The SMILES string of the molecule is C(=N\c1ncn[nH]1)/c1cn(CCOc2ccc(C3CCCCC3)cc2)c2ccccc12. The Hall–Kier alpha value is -3.41. The zero-order valence-corrected chi connectivity index (χ0v) is 17.6. The van der Waals surface area contributed by atoms with Gasteiger partial charge >= 0.3 is 0 Å². The lowest BCUT2D eigenvalue weighted by Gasteiger charge is -2.22. The molecule has 6 nitrogen and oxygen atoms in total. The predicted molar refractivity (Wildman–Crippen MR) is 123 cm³/mol. The lowest BCUT2D eigenvalue weighted by Crippen LogP contribution is -2.08. The van der Waals surface area contributed by atoms with Crippen molar-refractivity contribution in [1.82, 2.24) is 19.7 Å². The summed E-state index contributed by atoms with van der Waals surface area (Å²) in [6, 6.07) is 17.1. The molecule has 0 spiro atoms. The fourth-order valence-electron chi connectivity index (χ4n) is 4.49. The van der Waals surface area contributed by atoms with Crippen molar-refractivity contribution >= 4 is 23.1 Å². The molecule has 1 saturated carbocycles. The van der Waals surface area contributed by atoms with Gasteiger partial charge in [-0.15, -0.1) is 0 Å². The van der Waals surface area contributed by atoms with Gasteiger partial charge in [-0.05, 0) is 42.5 Å². The van der Waals surface area contributed by atoms with Crippen molar-refractivity contribution in [2.45, 2.75) is 44.6 Å². The monoisotopic (exact) mass is 413 g/mol. The van der Waals surface area contributed by atoms with Crippen LogP contribution >= 0.6 is 0 Å². The highest BCUT2D eigenvalue weighted by molar-refractivity contribution is 5.99. The molecule has 0 atom stereocenters. The number of nitrogens with one attached hydrogen (secondary N) is 1. The summed E-state index contributed by atoms with van der Waals surface area (Å²) >= 11 is 0. The maximum atomic E-state index is 6.05. The van der Waals surface area contributed by atoms with Gasteiger partial charge in [-0.25, -0.2) is 10.1 Å². The van der Waals surface area contributed by atoms with Gasteiger partial charge in [-0.1, -0.05) is 49.6 Å². The van der Waals surface area contributed by atoms with Crippen molar-refractivity contribution in [3.63, 3.8) is 0 Å². The van der Waals surface area contributed by atoms with E-state index in [4.69, 9.17) is 4.74 Å². The van der Waals surface area contributed by atoms with Gasteiger partial charge in [-0.2, -0.15) is 10.1 Å². The van der Waals surface area contributed by atoms with E-state index in [0.717, 1.165) is 34.7 Å². The van der Waals surface area contributed by atoms with Gasteiger partial charge < -0.3 is 9.30 Å². The van der Waals surface area contributed by atoms with E-state index in [1.54, 1.807) is 0 Å². The van der Waals surface area contributed by atoms with Crippen molar-refractivity contribution < 1.29 is 4.74 Å². The van der Waals surface area contributed by atoms with Gasteiger partial charge in [0.05, 0.1) is 6.54 Å². The minimum absolute atomic E-state index is 0.497. The van der Waals surface area contributed by atoms with Crippen molar-refractivity contribution in [1.29, 1.82) is 0 Å². The minimum atomic E-state index is 0.497. The van der Waals surface area contributed by atoms with E-state index >= 15 is 0 Å². The Morgan fingerprint density at radius 1 is 1.06 bits per heavy atom. The number of hydrogen-bond donors (Lipinski definition) is 1. The maximum Gasteiger partial charge on any atom is 0.245 e. The van der Waals surface area contributed by atoms with Gasteiger partial charge in [0.1, 0.15) is 18.7 Å². The Morgan fingerprint density at radius 2 is 1.90 bits per heavy atom. The molecule has 4 aromatic rings. The Labute approximate surface area is 182 Å². The van der Waals surface area contributed by atoms with E-state index in [1.807, 2.05) is 12.3 Å². The molecule has 31 heavy (non-hydrogen) atoms. The summed E-state index contributed by atoms with van der Waals surface area (Å²) in [4.78, 5) is 8.42. The van der Waals surface area contributed by atoms with E-state index < -0.39 is 0 Å². The summed E-state index contributed by atoms with van der Waals surface area (Å²) in [5.41, 5.74) is 3.67. The summed E-state index contributed by atoms with van der Waals surface area (Å²) in [5, 5.41) is 7.74. The van der Waals surface area contributed by atoms with Crippen LogP contribution in [-0.2, 0) is 6.54 Å². The molecule has 0 saturated heterocycles. The van der Waals surface area contributed by atoms with Gasteiger partial charge in [0.15, 0.2) is 0 Å². The van der Waals surface area contributed by atoms with Crippen molar-refractivity contribution in [3.8, 4) is 5.75 Å². The number of hydrogen-bond acceptors (Lipinski definition) is 4. The number of aromatic nitrogens is 4. The highest BCUT2D eigenvalue weighted by Gasteiger charge is 2.15. The first kappa shape index (κ1) is 19.5. The predicted octanol–water partition coefficient (Wildman–Crippen LogP) is 5.64. The highest BCUT2D eigenvalue weighted by atomic mass is 16.5. The topological polar surface area (TPSA) is 68.1 Å². The number of para-hydroxylation sites is 1. The second-order valence-electron chi connectivity index (χ2n) is 8.11. The second kappa shape index (κ2) is 9.16. The summed E-state index contributed by atoms with van der Waals surface area (Å²) < 4.78 is 8.27. The molecule has 1 aliphatic carbocycles. The third kappa shape index (κ3) is 4.53. The van der Waals surface area contributed by atoms with Crippen LogP contribution in [0, 0.1) is 0 Å². The Bertz CT molecular complexity index is 1140. The number of ether oxygens (including phenoxy) is 1. The largest absolute Gasteiger partial charge is 0.492 e. The molecule has 2 aromatic carbocycles. The van der Waals surface area contributed by atoms with E-state index in [2.05, 4.69) is 73.4 Å². The van der Waals surface area contributed by atoms with Gasteiger partial charge in [0.2, 0.25) is 5.95 Å². The average molecular weight is 414 g/mol. The zero-order valence-electron chi connectivity index (χ0n) is 17.6. The molecule has 0 bridgehead atoms. The van der Waals surface area contributed by atoms with Crippen LogP contribution in [0.15, 0.2) is 66.0 Å². The Kier molecular flexibility index (Phi) is 5.78. The van der Waals surface area contributed by atoms with Crippen LogP contribution in [0.2, 0.25) is 0 Å². The molecule has 1 aliphatic rings. The second-order valence-corrected chi connectivity index (χ2v) is 8.11. The van der Waals surface area contributed by atoms with Crippen LogP contribution < -0.4 is 4.74 Å². The molecular formula is C25H27N5O. The number of benzene rings is 2. The van der Waals surface area contributed by atoms with Crippen LogP contribution in [0.4, 0.5) is 5.95 Å². The van der Waals surface area contributed by atoms with E-state index in [1.165, 1.54) is 44.0 Å². The van der Waals surface area contributed by atoms with Crippen LogP contribution in [-0.4, -0.2) is 32.6 Å². The van der Waals surface area contributed by atoms with Gasteiger partial charge in [0.25, 0.3) is 0 Å².